The minimum atomic E-state index is 0.189. The van der Waals surface area contributed by atoms with Gasteiger partial charge in [-0.3, -0.25) is 4.79 Å². The van der Waals surface area contributed by atoms with Crippen molar-refractivity contribution in [1.29, 1.82) is 0 Å². The second-order valence-electron chi connectivity index (χ2n) is 6.89. The fourth-order valence-electron chi connectivity index (χ4n) is 3.82. The van der Waals surface area contributed by atoms with Crippen molar-refractivity contribution in [3.8, 4) is 0 Å². The first kappa shape index (κ1) is 16.3. The van der Waals surface area contributed by atoms with E-state index in [9.17, 15) is 4.79 Å². The van der Waals surface area contributed by atoms with Gasteiger partial charge in [-0.05, 0) is 31.6 Å². The molecule has 1 atom stereocenters. The van der Waals surface area contributed by atoms with Crippen LogP contribution in [-0.2, 0) is 4.79 Å². The smallest absolute Gasteiger partial charge is 0.225 e. The SMILES string of the molecule is CCCCC1CCC(C(=O)N2CCC(=NO)C(C)C2)CC1. The standard InChI is InChI=1S/C17H30N2O2/c1-3-4-5-14-6-8-15(9-7-14)17(20)19-11-10-16(18-21)13(2)12-19/h13-15,21H,3-12H2,1-2H3. The Kier molecular flexibility index (Phi) is 6.07. The van der Waals surface area contributed by atoms with Crippen LogP contribution in [0.25, 0.3) is 0 Å². The molecule has 2 aliphatic rings. The number of unbranched alkanes of at least 4 members (excludes halogenated alkanes) is 1. The number of carbonyl (C=O) groups is 1. The molecule has 4 heteroatoms. The van der Waals surface area contributed by atoms with Crippen molar-refractivity contribution in [2.24, 2.45) is 22.9 Å². The van der Waals surface area contributed by atoms with Crippen molar-refractivity contribution in [1.82, 2.24) is 4.90 Å². The highest BCUT2D eigenvalue weighted by atomic mass is 16.4. The zero-order chi connectivity index (χ0) is 15.2. The van der Waals surface area contributed by atoms with Gasteiger partial charge in [0.05, 0.1) is 5.71 Å². The summed E-state index contributed by atoms with van der Waals surface area (Å²) < 4.78 is 0. The van der Waals surface area contributed by atoms with Gasteiger partial charge in [0, 0.05) is 31.3 Å². The van der Waals surface area contributed by atoms with Crippen LogP contribution in [0.2, 0.25) is 0 Å². The Bertz CT molecular complexity index is 373. The lowest BCUT2D eigenvalue weighted by Crippen LogP contribution is -2.46. The van der Waals surface area contributed by atoms with Crippen LogP contribution < -0.4 is 0 Å². The second kappa shape index (κ2) is 7.81. The monoisotopic (exact) mass is 294 g/mol. The predicted molar refractivity (Wildman–Crippen MR) is 84.6 cm³/mol. The molecular formula is C17H30N2O2. The summed E-state index contributed by atoms with van der Waals surface area (Å²) in [7, 11) is 0. The van der Waals surface area contributed by atoms with Crippen LogP contribution in [0.15, 0.2) is 5.16 Å². The zero-order valence-electron chi connectivity index (χ0n) is 13.6. The molecule has 1 aliphatic carbocycles. The molecular weight excluding hydrogens is 264 g/mol. The zero-order valence-corrected chi connectivity index (χ0v) is 13.6. The molecule has 0 aromatic rings. The number of hydrogen-bond acceptors (Lipinski definition) is 3. The van der Waals surface area contributed by atoms with Crippen molar-refractivity contribution >= 4 is 11.6 Å². The number of rotatable bonds is 4. The molecule has 0 bridgehead atoms. The van der Waals surface area contributed by atoms with Gasteiger partial charge in [0.1, 0.15) is 0 Å². The molecule has 1 unspecified atom stereocenters. The Hall–Kier alpha value is -1.06. The Morgan fingerprint density at radius 2 is 2.05 bits per heavy atom. The van der Waals surface area contributed by atoms with Crippen LogP contribution in [0.4, 0.5) is 0 Å². The van der Waals surface area contributed by atoms with Gasteiger partial charge in [-0.1, -0.05) is 38.3 Å². The number of oxime groups is 1. The summed E-state index contributed by atoms with van der Waals surface area (Å²) in [5.41, 5.74) is 0.835. The van der Waals surface area contributed by atoms with E-state index in [0.717, 1.165) is 37.4 Å². The molecule has 1 saturated carbocycles. The number of nitrogens with zero attached hydrogens (tertiary/aromatic N) is 2. The number of piperidine rings is 1. The molecule has 2 rings (SSSR count). The van der Waals surface area contributed by atoms with Gasteiger partial charge in [-0.2, -0.15) is 0 Å². The van der Waals surface area contributed by atoms with Gasteiger partial charge < -0.3 is 10.1 Å². The first-order valence-corrected chi connectivity index (χ1v) is 8.65. The van der Waals surface area contributed by atoms with Crippen LogP contribution in [0.5, 0.6) is 0 Å². The fourth-order valence-corrected chi connectivity index (χ4v) is 3.82. The highest BCUT2D eigenvalue weighted by molar-refractivity contribution is 5.89. The third-order valence-corrected chi connectivity index (χ3v) is 5.30. The van der Waals surface area contributed by atoms with E-state index in [-0.39, 0.29) is 11.8 Å². The van der Waals surface area contributed by atoms with Gasteiger partial charge in [-0.15, -0.1) is 0 Å². The second-order valence-corrected chi connectivity index (χ2v) is 6.89. The molecule has 2 fully saturated rings. The average Bonchev–Trinajstić information content (AvgIpc) is 2.52. The molecule has 1 heterocycles. The maximum Gasteiger partial charge on any atom is 0.225 e. The van der Waals surface area contributed by atoms with E-state index >= 15 is 0 Å². The summed E-state index contributed by atoms with van der Waals surface area (Å²) in [5, 5.41) is 12.3. The summed E-state index contributed by atoms with van der Waals surface area (Å²) in [4.78, 5) is 14.6. The number of amides is 1. The van der Waals surface area contributed by atoms with Crippen LogP contribution in [-0.4, -0.2) is 34.8 Å². The molecule has 1 amide bonds. The molecule has 1 N–H and O–H groups in total. The van der Waals surface area contributed by atoms with E-state index in [1.807, 2.05) is 11.8 Å². The largest absolute Gasteiger partial charge is 0.411 e. The lowest BCUT2D eigenvalue weighted by atomic mass is 9.79. The third kappa shape index (κ3) is 4.21. The van der Waals surface area contributed by atoms with E-state index in [1.165, 1.54) is 32.1 Å². The molecule has 0 aromatic heterocycles. The summed E-state index contributed by atoms with van der Waals surface area (Å²) in [6.07, 6.45) is 9.25. The van der Waals surface area contributed by atoms with Crippen LogP contribution in [0.3, 0.4) is 0 Å². The quantitative estimate of drug-likeness (QED) is 0.635. The number of hydrogen-bond donors (Lipinski definition) is 1. The Labute approximate surface area is 128 Å². The Balaban J connectivity index is 1.80. The molecule has 1 aliphatic heterocycles. The molecule has 0 aromatic carbocycles. The van der Waals surface area contributed by atoms with E-state index in [1.54, 1.807) is 0 Å². The van der Waals surface area contributed by atoms with Crippen molar-refractivity contribution in [3.63, 3.8) is 0 Å². The van der Waals surface area contributed by atoms with Gasteiger partial charge in [0.2, 0.25) is 5.91 Å². The highest BCUT2D eigenvalue weighted by Gasteiger charge is 2.32. The molecule has 0 spiro atoms. The lowest BCUT2D eigenvalue weighted by molar-refractivity contribution is -0.137. The normalized spacial score (nSPS) is 32.4. The van der Waals surface area contributed by atoms with Gasteiger partial charge in [0.25, 0.3) is 0 Å². The van der Waals surface area contributed by atoms with Crippen molar-refractivity contribution in [3.05, 3.63) is 0 Å². The Morgan fingerprint density at radius 1 is 1.33 bits per heavy atom. The van der Waals surface area contributed by atoms with Crippen molar-refractivity contribution in [2.75, 3.05) is 13.1 Å². The van der Waals surface area contributed by atoms with E-state index < -0.39 is 0 Å². The summed E-state index contributed by atoms with van der Waals surface area (Å²) >= 11 is 0. The van der Waals surface area contributed by atoms with Gasteiger partial charge in [0.15, 0.2) is 0 Å². The first-order valence-electron chi connectivity index (χ1n) is 8.65. The van der Waals surface area contributed by atoms with Gasteiger partial charge >= 0.3 is 0 Å². The van der Waals surface area contributed by atoms with Crippen LogP contribution in [0, 0.1) is 17.8 Å². The van der Waals surface area contributed by atoms with Crippen LogP contribution >= 0.6 is 0 Å². The Morgan fingerprint density at radius 3 is 2.62 bits per heavy atom. The molecule has 1 saturated heterocycles. The van der Waals surface area contributed by atoms with E-state index in [0.29, 0.717) is 12.5 Å². The average molecular weight is 294 g/mol. The minimum absolute atomic E-state index is 0.189. The third-order valence-electron chi connectivity index (χ3n) is 5.30. The molecule has 4 nitrogen and oxygen atoms in total. The predicted octanol–water partition coefficient (Wildman–Crippen LogP) is 3.68. The number of likely N-dealkylation sites (tertiary alicyclic amines) is 1. The summed E-state index contributed by atoms with van der Waals surface area (Å²) in [5.74, 6) is 1.62. The van der Waals surface area contributed by atoms with Crippen molar-refractivity contribution < 1.29 is 10.0 Å². The minimum Gasteiger partial charge on any atom is -0.411 e. The van der Waals surface area contributed by atoms with Crippen molar-refractivity contribution in [2.45, 2.75) is 65.2 Å². The van der Waals surface area contributed by atoms with E-state index in [4.69, 9.17) is 5.21 Å². The highest BCUT2D eigenvalue weighted by Crippen LogP contribution is 2.33. The van der Waals surface area contributed by atoms with Gasteiger partial charge in [-0.25, -0.2) is 0 Å². The summed E-state index contributed by atoms with van der Waals surface area (Å²) in [6, 6.07) is 0. The van der Waals surface area contributed by atoms with Crippen LogP contribution in [0.1, 0.15) is 65.2 Å². The molecule has 0 radical (unpaired) electrons. The first-order chi connectivity index (χ1) is 10.2. The maximum absolute atomic E-state index is 12.6. The maximum atomic E-state index is 12.6. The van der Waals surface area contributed by atoms with E-state index in [2.05, 4.69) is 12.1 Å². The topological polar surface area (TPSA) is 52.9 Å². The lowest BCUT2D eigenvalue weighted by Gasteiger charge is -2.36. The fraction of sp³-hybridized carbons (Fsp3) is 0.882. The molecule has 21 heavy (non-hydrogen) atoms. The summed E-state index contributed by atoms with van der Waals surface area (Å²) in [6.45, 7) is 5.72. The molecule has 120 valence electrons. The number of carbonyl (C=O) groups excluding carboxylic acids is 1.